The molecule has 1 fully saturated rings. The van der Waals surface area contributed by atoms with E-state index < -0.39 is 23.9 Å². The molecule has 4 N–H and O–H groups in total. The summed E-state index contributed by atoms with van der Waals surface area (Å²) in [6, 6.07) is 17.6. The largest absolute Gasteiger partial charge is 0.508 e. The zero-order valence-corrected chi connectivity index (χ0v) is 23.3. The number of phenolic OH excluding ortho intramolecular Hbond substituents is 1. The average Bonchev–Trinajstić information content (AvgIpc) is 3.45. The van der Waals surface area contributed by atoms with Crippen LogP contribution in [0.5, 0.6) is 5.75 Å². The molecule has 6 rings (SSSR count). The number of fused-ring (bicyclic) bond motifs is 1. The standard InChI is InChI=1S/C32H29FN6O4/c1-19-12-21(30-34-17-24(18-35-30)38-8-10-39(11-9-38)32(42)43)14-22(13-19)31(41)37-29(25-16-23(33)6-7-28(25)40)27-15-20-4-2-3-5-26(20)36-27/h2-7,12-18,29,36,40H,8-11H2,1H3,(H,37,41)(H,42,43)/t29-/m1/s1. The average molecular weight is 581 g/mol. The second kappa shape index (κ2) is 11.4. The smallest absolute Gasteiger partial charge is 0.407 e. The van der Waals surface area contributed by atoms with Gasteiger partial charge in [-0.25, -0.2) is 19.2 Å². The highest BCUT2D eigenvalue weighted by molar-refractivity contribution is 5.96. The number of amides is 2. The SMILES string of the molecule is Cc1cc(C(=O)N[C@@H](c2cc3ccccc3[nH]2)c2cc(F)ccc2O)cc(-c2ncc(N3CCN(C(=O)O)CC3)cn2)c1. The number of benzene rings is 3. The number of aryl methyl sites for hydroxylation is 1. The molecule has 1 atom stereocenters. The molecule has 0 aliphatic carbocycles. The molecule has 0 saturated carbocycles. The second-order valence-electron chi connectivity index (χ2n) is 10.5. The number of piperazine rings is 1. The van der Waals surface area contributed by atoms with Gasteiger partial charge >= 0.3 is 6.09 Å². The Hall–Kier alpha value is -5.45. The molecule has 3 aromatic carbocycles. The quantitative estimate of drug-likeness (QED) is 0.220. The van der Waals surface area contributed by atoms with Crippen LogP contribution in [-0.4, -0.2) is 68.2 Å². The van der Waals surface area contributed by atoms with Gasteiger partial charge < -0.3 is 30.3 Å². The highest BCUT2D eigenvalue weighted by Gasteiger charge is 2.24. The zero-order chi connectivity index (χ0) is 30.1. The van der Waals surface area contributed by atoms with Crippen molar-refractivity contribution in [2.24, 2.45) is 0 Å². The fourth-order valence-corrected chi connectivity index (χ4v) is 5.38. The monoisotopic (exact) mass is 580 g/mol. The number of hydrogen-bond acceptors (Lipinski definition) is 6. The van der Waals surface area contributed by atoms with Crippen molar-refractivity contribution in [2.75, 3.05) is 31.1 Å². The van der Waals surface area contributed by atoms with Gasteiger partial charge in [-0.05, 0) is 66.4 Å². The number of aromatic hydroxyl groups is 1. The molecule has 1 aliphatic rings. The first-order valence-corrected chi connectivity index (χ1v) is 13.8. The number of H-pyrrole nitrogens is 1. The number of para-hydroxylation sites is 1. The molecule has 3 heterocycles. The van der Waals surface area contributed by atoms with Crippen LogP contribution in [0.4, 0.5) is 14.9 Å². The fraction of sp³-hybridized carbons (Fsp3) is 0.188. The van der Waals surface area contributed by atoms with E-state index in [-0.39, 0.29) is 11.3 Å². The van der Waals surface area contributed by atoms with E-state index in [0.717, 1.165) is 28.2 Å². The van der Waals surface area contributed by atoms with Gasteiger partial charge in [-0.2, -0.15) is 0 Å². The molecule has 1 aliphatic heterocycles. The Bertz CT molecular complexity index is 1780. The highest BCUT2D eigenvalue weighted by Crippen LogP contribution is 2.32. The van der Waals surface area contributed by atoms with E-state index >= 15 is 0 Å². The summed E-state index contributed by atoms with van der Waals surface area (Å²) in [6.07, 6.45) is 2.46. The van der Waals surface area contributed by atoms with Crippen molar-refractivity contribution in [3.63, 3.8) is 0 Å². The summed E-state index contributed by atoms with van der Waals surface area (Å²) >= 11 is 0. The third-order valence-corrected chi connectivity index (χ3v) is 7.59. The summed E-state index contributed by atoms with van der Waals surface area (Å²) in [5.41, 5.74) is 4.25. The van der Waals surface area contributed by atoms with Crippen LogP contribution < -0.4 is 10.2 Å². The van der Waals surface area contributed by atoms with Gasteiger partial charge in [0.15, 0.2) is 5.82 Å². The van der Waals surface area contributed by atoms with E-state index in [1.54, 1.807) is 24.5 Å². The van der Waals surface area contributed by atoms with Gasteiger partial charge in [0.25, 0.3) is 5.91 Å². The van der Waals surface area contributed by atoms with Crippen molar-refractivity contribution in [2.45, 2.75) is 13.0 Å². The molecule has 1 saturated heterocycles. The maximum atomic E-state index is 14.3. The van der Waals surface area contributed by atoms with Crippen molar-refractivity contribution in [3.05, 3.63) is 107 Å². The summed E-state index contributed by atoms with van der Waals surface area (Å²) in [7, 11) is 0. The van der Waals surface area contributed by atoms with Crippen LogP contribution >= 0.6 is 0 Å². The van der Waals surface area contributed by atoms with Gasteiger partial charge in [-0.1, -0.05) is 18.2 Å². The van der Waals surface area contributed by atoms with Gasteiger partial charge in [0.05, 0.1) is 24.1 Å². The predicted octanol–water partition coefficient (Wildman–Crippen LogP) is 5.10. The highest BCUT2D eigenvalue weighted by atomic mass is 19.1. The lowest BCUT2D eigenvalue weighted by Gasteiger charge is -2.34. The van der Waals surface area contributed by atoms with Crippen LogP contribution in [0, 0.1) is 12.7 Å². The topological polar surface area (TPSA) is 135 Å². The van der Waals surface area contributed by atoms with Crippen LogP contribution in [0.3, 0.4) is 0 Å². The molecule has 11 heteroatoms. The minimum Gasteiger partial charge on any atom is -0.508 e. The maximum absolute atomic E-state index is 14.3. The van der Waals surface area contributed by atoms with Crippen molar-refractivity contribution in [1.29, 1.82) is 0 Å². The summed E-state index contributed by atoms with van der Waals surface area (Å²) in [5, 5.41) is 23.7. The number of aromatic nitrogens is 3. The van der Waals surface area contributed by atoms with Crippen molar-refractivity contribution in [3.8, 4) is 17.1 Å². The van der Waals surface area contributed by atoms with E-state index in [2.05, 4.69) is 20.3 Å². The zero-order valence-electron chi connectivity index (χ0n) is 23.3. The van der Waals surface area contributed by atoms with Crippen molar-refractivity contribution >= 4 is 28.6 Å². The van der Waals surface area contributed by atoms with Crippen LogP contribution in [0.2, 0.25) is 0 Å². The van der Waals surface area contributed by atoms with Crippen LogP contribution in [-0.2, 0) is 0 Å². The molecule has 0 bridgehead atoms. The first-order valence-electron chi connectivity index (χ1n) is 13.8. The number of carboxylic acid groups (broad SMARTS) is 1. The van der Waals surface area contributed by atoms with Crippen LogP contribution in [0.25, 0.3) is 22.3 Å². The second-order valence-corrected chi connectivity index (χ2v) is 10.5. The van der Waals surface area contributed by atoms with Gasteiger partial charge in [0, 0.05) is 54.1 Å². The van der Waals surface area contributed by atoms with Crippen molar-refractivity contribution < 1.29 is 24.2 Å². The maximum Gasteiger partial charge on any atom is 0.407 e. The third-order valence-electron chi connectivity index (χ3n) is 7.59. The number of carbonyl (C=O) groups is 2. The summed E-state index contributed by atoms with van der Waals surface area (Å²) in [4.78, 5) is 40.6. The summed E-state index contributed by atoms with van der Waals surface area (Å²) in [5.74, 6) is -0.677. The van der Waals surface area contributed by atoms with E-state index in [4.69, 9.17) is 0 Å². The number of rotatable bonds is 6. The normalized spacial score (nSPS) is 14.1. The number of nitrogens with zero attached hydrogens (tertiary/aromatic N) is 4. The molecule has 0 unspecified atom stereocenters. The Morgan fingerprint density at radius 1 is 0.977 bits per heavy atom. The van der Waals surface area contributed by atoms with Gasteiger partial charge in [-0.15, -0.1) is 0 Å². The Balaban J connectivity index is 1.27. The van der Waals surface area contributed by atoms with E-state index in [1.807, 2.05) is 48.2 Å². The minimum atomic E-state index is -0.925. The lowest BCUT2D eigenvalue weighted by Crippen LogP contribution is -2.48. The molecule has 10 nitrogen and oxygen atoms in total. The molecule has 2 aromatic heterocycles. The fourth-order valence-electron chi connectivity index (χ4n) is 5.38. The molecule has 5 aromatic rings. The minimum absolute atomic E-state index is 0.145. The number of aromatic amines is 1. The Morgan fingerprint density at radius 2 is 1.72 bits per heavy atom. The number of halogens is 1. The first-order chi connectivity index (χ1) is 20.7. The summed E-state index contributed by atoms with van der Waals surface area (Å²) < 4.78 is 14.3. The Kier molecular flexibility index (Phi) is 7.37. The Labute approximate surface area is 246 Å². The lowest BCUT2D eigenvalue weighted by molar-refractivity contribution is 0.0942. The molecule has 43 heavy (non-hydrogen) atoms. The van der Waals surface area contributed by atoms with E-state index in [9.17, 15) is 24.2 Å². The first kappa shape index (κ1) is 27.7. The molecular weight excluding hydrogens is 551 g/mol. The van der Waals surface area contributed by atoms with Gasteiger partial charge in [-0.3, -0.25) is 4.79 Å². The van der Waals surface area contributed by atoms with Gasteiger partial charge in [0.2, 0.25) is 0 Å². The van der Waals surface area contributed by atoms with Gasteiger partial charge in [0.1, 0.15) is 11.6 Å². The van der Waals surface area contributed by atoms with E-state index in [1.165, 1.54) is 17.0 Å². The molecule has 0 spiro atoms. The number of phenols is 1. The predicted molar refractivity (Wildman–Crippen MR) is 160 cm³/mol. The molecule has 2 amide bonds. The van der Waals surface area contributed by atoms with E-state index in [0.29, 0.717) is 48.8 Å². The number of nitrogens with one attached hydrogen (secondary N) is 2. The Morgan fingerprint density at radius 3 is 2.44 bits per heavy atom. The third kappa shape index (κ3) is 5.82. The summed E-state index contributed by atoms with van der Waals surface area (Å²) in [6.45, 7) is 3.76. The number of anilines is 1. The number of hydrogen-bond donors (Lipinski definition) is 4. The number of carbonyl (C=O) groups excluding carboxylic acids is 1. The molecule has 0 radical (unpaired) electrons. The molecule has 218 valence electrons. The van der Waals surface area contributed by atoms with Crippen LogP contribution in [0.15, 0.2) is 79.1 Å². The van der Waals surface area contributed by atoms with Crippen molar-refractivity contribution in [1.82, 2.24) is 25.2 Å². The lowest BCUT2D eigenvalue weighted by atomic mass is 10.0. The molecular formula is C32H29FN6O4. The van der Waals surface area contributed by atoms with Crippen LogP contribution in [0.1, 0.15) is 33.2 Å².